The summed E-state index contributed by atoms with van der Waals surface area (Å²) in [4.78, 5) is 18.5. The third-order valence-electron chi connectivity index (χ3n) is 4.49. The van der Waals surface area contributed by atoms with Crippen LogP contribution in [0, 0.1) is 5.92 Å². The van der Waals surface area contributed by atoms with Gasteiger partial charge in [-0.25, -0.2) is 0 Å². The van der Waals surface area contributed by atoms with Gasteiger partial charge < -0.3 is 14.3 Å². The molecule has 0 bridgehead atoms. The first-order valence-electron chi connectivity index (χ1n) is 8.46. The Kier molecular flexibility index (Phi) is 4.99. The Labute approximate surface area is 141 Å². The van der Waals surface area contributed by atoms with Gasteiger partial charge in [0.15, 0.2) is 5.76 Å². The zero-order valence-electron chi connectivity index (χ0n) is 14.4. The average molecular weight is 332 g/mol. The van der Waals surface area contributed by atoms with Crippen molar-refractivity contribution in [3.05, 3.63) is 24.3 Å². The van der Waals surface area contributed by atoms with Crippen molar-refractivity contribution in [1.29, 1.82) is 0 Å². The number of aromatic nitrogens is 2. The van der Waals surface area contributed by atoms with Gasteiger partial charge in [-0.15, -0.1) is 0 Å². The lowest BCUT2D eigenvalue weighted by Gasteiger charge is -2.35. The number of rotatable bonds is 5. The minimum absolute atomic E-state index is 0.0281. The number of carbonyl (C=O) groups is 1. The SMILES string of the molecule is CC(C)C(=O)NC1CCN([C@@H](C)c2nc(-c3ccco3)no2)CC1. The highest BCUT2D eigenvalue weighted by Gasteiger charge is 2.28. The van der Waals surface area contributed by atoms with E-state index in [1.54, 1.807) is 12.3 Å². The van der Waals surface area contributed by atoms with Crippen molar-refractivity contribution in [3.8, 4) is 11.6 Å². The number of piperidine rings is 1. The lowest BCUT2D eigenvalue weighted by molar-refractivity contribution is -0.125. The minimum atomic E-state index is 0.0281. The molecule has 0 radical (unpaired) electrons. The van der Waals surface area contributed by atoms with Gasteiger partial charge in [0.2, 0.25) is 17.6 Å². The number of nitrogens with zero attached hydrogens (tertiary/aromatic N) is 3. The van der Waals surface area contributed by atoms with E-state index >= 15 is 0 Å². The second-order valence-electron chi connectivity index (χ2n) is 6.58. The molecule has 1 N–H and O–H groups in total. The molecule has 1 fully saturated rings. The fourth-order valence-corrected chi connectivity index (χ4v) is 2.87. The minimum Gasteiger partial charge on any atom is -0.461 e. The first-order chi connectivity index (χ1) is 11.5. The third kappa shape index (κ3) is 3.67. The van der Waals surface area contributed by atoms with Crippen LogP contribution in [0.1, 0.15) is 45.5 Å². The number of amides is 1. The summed E-state index contributed by atoms with van der Waals surface area (Å²) in [6.07, 6.45) is 3.45. The molecular formula is C17H24N4O3. The molecule has 1 amide bonds. The van der Waals surface area contributed by atoms with Gasteiger partial charge in [0.25, 0.3) is 0 Å². The van der Waals surface area contributed by atoms with Crippen molar-refractivity contribution in [3.63, 3.8) is 0 Å². The summed E-state index contributed by atoms with van der Waals surface area (Å²) in [6.45, 7) is 7.68. The molecule has 1 saturated heterocycles. The Morgan fingerprint density at radius 3 is 2.71 bits per heavy atom. The van der Waals surface area contributed by atoms with Crippen molar-refractivity contribution in [2.75, 3.05) is 13.1 Å². The summed E-state index contributed by atoms with van der Waals surface area (Å²) in [5, 5.41) is 7.10. The molecule has 3 rings (SSSR count). The second kappa shape index (κ2) is 7.17. The summed E-state index contributed by atoms with van der Waals surface area (Å²) in [5.41, 5.74) is 0. The van der Waals surface area contributed by atoms with Crippen LogP contribution in [0.15, 0.2) is 27.3 Å². The van der Waals surface area contributed by atoms with Crippen LogP contribution in [0.5, 0.6) is 0 Å². The maximum atomic E-state index is 11.8. The van der Waals surface area contributed by atoms with Crippen LogP contribution in [0.3, 0.4) is 0 Å². The van der Waals surface area contributed by atoms with Crippen molar-refractivity contribution in [1.82, 2.24) is 20.4 Å². The Morgan fingerprint density at radius 1 is 1.33 bits per heavy atom. The van der Waals surface area contributed by atoms with Crippen LogP contribution >= 0.6 is 0 Å². The highest BCUT2D eigenvalue weighted by atomic mass is 16.5. The van der Waals surface area contributed by atoms with Crippen molar-refractivity contribution >= 4 is 5.91 Å². The molecule has 1 aliphatic rings. The first kappa shape index (κ1) is 16.7. The smallest absolute Gasteiger partial charge is 0.244 e. The van der Waals surface area contributed by atoms with E-state index in [1.807, 2.05) is 19.9 Å². The van der Waals surface area contributed by atoms with Gasteiger partial charge in [0, 0.05) is 25.0 Å². The third-order valence-corrected chi connectivity index (χ3v) is 4.49. The predicted molar refractivity (Wildman–Crippen MR) is 88.0 cm³/mol. The molecule has 3 heterocycles. The van der Waals surface area contributed by atoms with Crippen molar-refractivity contribution in [2.45, 2.75) is 45.7 Å². The van der Waals surface area contributed by atoms with E-state index in [9.17, 15) is 4.79 Å². The first-order valence-corrected chi connectivity index (χ1v) is 8.46. The van der Waals surface area contributed by atoms with Crippen LogP contribution in [-0.2, 0) is 4.79 Å². The summed E-state index contributed by atoms with van der Waals surface area (Å²) >= 11 is 0. The molecule has 0 spiro atoms. The van der Waals surface area contributed by atoms with E-state index in [0.717, 1.165) is 25.9 Å². The van der Waals surface area contributed by atoms with Crippen molar-refractivity contribution in [2.24, 2.45) is 5.92 Å². The molecule has 0 aliphatic carbocycles. The van der Waals surface area contributed by atoms with Crippen LogP contribution in [-0.4, -0.2) is 40.1 Å². The highest BCUT2D eigenvalue weighted by Crippen LogP contribution is 2.25. The number of likely N-dealkylation sites (tertiary alicyclic amines) is 1. The Hall–Kier alpha value is -2.15. The molecule has 130 valence electrons. The standard InChI is InChI=1S/C17H24N4O3/c1-11(2)16(22)18-13-6-8-21(9-7-13)12(3)17-19-15(20-24-17)14-5-4-10-23-14/h4-5,10-13H,6-9H2,1-3H3,(H,18,22)/t12-/m0/s1. The zero-order chi connectivity index (χ0) is 17.1. The number of nitrogens with one attached hydrogen (secondary N) is 1. The predicted octanol–water partition coefficient (Wildman–Crippen LogP) is 2.63. The summed E-state index contributed by atoms with van der Waals surface area (Å²) in [6, 6.07) is 3.90. The van der Waals surface area contributed by atoms with E-state index in [0.29, 0.717) is 17.5 Å². The zero-order valence-corrected chi connectivity index (χ0v) is 14.4. The maximum absolute atomic E-state index is 11.8. The van der Waals surface area contributed by atoms with Crippen LogP contribution in [0.25, 0.3) is 11.6 Å². The number of hydrogen-bond acceptors (Lipinski definition) is 6. The monoisotopic (exact) mass is 332 g/mol. The lowest BCUT2D eigenvalue weighted by Crippen LogP contribution is -2.46. The molecular weight excluding hydrogens is 308 g/mol. The fourth-order valence-electron chi connectivity index (χ4n) is 2.87. The molecule has 0 saturated carbocycles. The van der Waals surface area contributed by atoms with E-state index in [4.69, 9.17) is 8.94 Å². The number of hydrogen-bond donors (Lipinski definition) is 1. The summed E-state index contributed by atoms with van der Waals surface area (Å²) in [7, 11) is 0. The van der Waals surface area contributed by atoms with Gasteiger partial charge in [-0.3, -0.25) is 9.69 Å². The van der Waals surface area contributed by atoms with Crippen LogP contribution < -0.4 is 5.32 Å². The Bertz CT molecular complexity index is 657. The van der Waals surface area contributed by atoms with Crippen molar-refractivity contribution < 1.29 is 13.7 Å². The normalized spacial score (nSPS) is 18.0. The Balaban J connectivity index is 1.55. The second-order valence-corrected chi connectivity index (χ2v) is 6.58. The fraction of sp³-hybridized carbons (Fsp3) is 0.588. The summed E-state index contributed by atoms with van der Waals surface area (Å²) < 4.78 is 10.7. The van der Waals surface area contributed by atoms with E-state index in [2.05, 4.69) is 27.3 Å². The van der Waals surface area contributed by atoms with Gasteiger partial charge in [-0.2, -0.15) is 4.98 Å². The maximum Gasteiger partial charge on any atom is 0.244 e. The molecule has 7 heteroatoms. The molecule has 1 aliphatic heterocycles. The molecule has 7 nitrogen and oxygen atoms in total. The lowest BCUT2D eigenvalue weighted by atomic mass is 10.0. The number of furan rings is 1. The molecule has 2 aromatic heterocycles. The van der Waals surface area contributed by atoms with Gasteiger partial charge in [-0.1, -0.05) is 19.0 Å². The topological polar surface area (TPSA) is 84.4 Å². The quantitative estimate of drug-likeness (QED) is 0.906. The van der Waals surface area contributed by atoms with Crippen LogP contribution in [0.4, 0.5) is 0 Å². The largest absolute Gasteiger partial charge is 0.461 e. The molecule has 0 unspecified atom stereocenters. The molecule has 24 heavy (non-hydrogen) atoms. The van der Waals surface area contributed by atoms with E-state index in [1.165, 1.54) is 0 Å². The summed E-state index contributed by atoms with van der Waals surface area (Å²) in [5.74, 6) is 1.82. The van der Waals surface area contributed by atoms with E-state index in [-0.39, 0.29) is 23.9 Å². The average Bonchev–Trinajstić information content (AvgIpc) is 3.26. The molecule has 0 aromatic carbocycles. The highest BCUT2D eigenvalue weighted by molar-refractivity contribution is 5.78. The van der Waals surface area contributed by atoms with Gasteiger partial charge in [0.05, 0.1) is 12.3 Å². The number of carbonyl (C=O) groups excluding carboxylic acids is 1. The van der Waals surface area contributed by atoms with Gasteiger partial charge >= 0.3 is 0 Å². The van der Waals surface area contributed by atoms with Gasteiger partial charge in [0.1, 0.15) is 0 Å². The van der Waals surface area contributed by atoms with Gasteiger partial charge in [-0.05, 0) is 31.9 Å². The van der Waals surface area contributed by atoms with E-state index < -0.39 is 0 Å². The molecule has 2 aromatic rings. The molecule has 1 atom stereocenters. The van der Waals surface area contributed by atoms with Crippen LogP contribution in [0.2, 0.25) is 0 Å². The Morgan fingerprint density at radius 2 is 2.08 bits per heavy atom.